The largest absolute Gasteiger partial charge is 0.361 e. The molecule has 1 aliphatic rings. The summed E-state index contributed by atoms with van der Waals surface area (Å²) in [6, 6.07) is 8.22. The van der Waals surface area contributed by atoms with Crippen molar-refractivity contribution in [2.24, 2.45) is 0 Å². The van der Waals surface area contributed by atoms with E-state index in [1.54, 1.807) is 0 Å². The van der Waals surface area contributed by atoms with E-state index in [4.69, 9.17) is 0 Å². The summed E-state index contributed by atoms with van der Waals surface area (Å²) in [5, 5.41) is 0. The van der Waals surface area contributed by atoms with Crippen LogP contribution in [0.3, 0.4) is 0 Å². The normalized spacial score (nSPS) is 17.6. The first-order valence-corrected chi connectivity index (χ1v) is 8.19. The van der Waals surface area contributed by atoms with Crippen molar-refractivity contribution < 1.29 is 4.79 Å². The van der Waals surface area contributed by atoms with Crippen molar-refractivity contribution in [3.8, 4) is 0 Å². The van der Waals surface area contributed by atoms with E-state index in [0.29, 0.717) is 5.78 Å². The number of Topliss-reactive ketones (excluding diaryl/α,β-unsaturated/α-hetero) is 1. The zero-order chi connectivity index (χ0) is 14.4. The Labute approximate surface area is 123 Å². The second-order valence-electron chi connectivity index (χ2n) is 5.79. The lowest BCUT2D eigenvalue weighted by atomic mass is 10.0. The van der Waals surface area contributed by atoms with Crippen LogP contribution in [0.15, 0.2) is 24.3 Å². The summed E-state index contributed by atoms with van der Waals surface area (Å²) in [4.78, 5) is 15.0. The van der Waals surface area contributed by atoms with Crippen LogP contribution in [0.4, 0.5) is 5.69 Å². The van der Waals surface area contributed by atoms with Gasteiger partial charge in [0.15, 0.2) is 5.78 Å². The lowest BCUT2D eigenvalue weighted by molar-refractivity contribution is 0.0965. The Morgan fingerprint density at radius 2 is 1.70 bits per heavy atom. The Hall–Kier alpha value is -1.31. The van der Waals surface area contributed by atoms with E-state index in [0.717, 1.165) is 30.6 Å². The fourth-order valence-electron chi connectivity index (χ4n) is 3.10. The lowest BCUT2D eigenvalue weighted by Crippen LogP contribution is -2.36. The number of anilines is 1. The van der Waals surface area contributed by atoms with Crippen LogP contribution in [-0.2, 0) is 0 Å². The van der Waals surface area contributed by atoms with Crippen molar-refractivity contribution in [3.63, 3.8) is 0 Å². The van der Waals surface area contributed by atoms with Crippen LogP contribution in [0.2, 0.25) is 0 Å². The number of hydrogen-bond donors (Lipinski definition) is 0. The number of carbonyl (C=O) groups excluding carboxylic acids is 1. The molecule has 1 aliphatic heterocycles. The SMILES string of the molecule is CCCCCC1C(=O)c2ccccc2N1CCCCC. The van der Waals surface area contributed by atoms with Gasteiger partial charge in [0.2, 0.25) is 0 Å². The molecule has 0 aliphatic carbocycles. The number of para-hydroxylation sites is 1. The minimum atomic E-state index is 0.0933. The average molecular weight is 273 g/mol. The summed E-state index contributed by atoms with van der Waals surface area (Å²) < 4.78 is 0. The molecule has 1 unspecified atom stereocenters. The molecule has 2 nitrogen and oxygen atoms in total. The van der Waals surface area contributed by atoms with Crippen LogP contribution < -0.4 is 4.90 Å². The van der Waals surface area contributed by atoms with Gasteiger partial charge in [0, 0.05) is 17.8 Å². The molecule has 0 saturated heterocycles. The third kappa shape index (κ3) is 3.23. The molecule has 0 bridgehead atoms. The van der Waals surface area contributed by atoms with Crippen molar-refractivity contribution in [2.45, 2.75) is 64.8 Å². The van der Waals surface area contributed by atoms with Crippen molar-refractivity contribution in [3.05, 3.63) is 29.8 Å². The van der Waals surface area contributed by atoms with Crippen LogP contribution in [0.25, 0.3) is 0 Å². The number of benzene rings is 1. The molecule has 0 amide bonds. The topological polar surface area (TPSA) is 20.3 Å². The van der Waals surface area contributed by atoms with Crippen molar-refractivity contribution in [1.82, 2.24) is 0 Å². The summed E-state index contributed by atoms with van der Waals surface area (Å²) in [5.74, 6) is 0.341. The summed E-state index contributed by atoms with van der Waals surface area (Å²) in [6.07, 6.45) is 8.26. The molecule has 0 spiro atoms. The highest BCUT2D eigenvalue weighted by molar-refractivity contribution is 6.10. The van der Waals surface area contributed by atoms with Crippen LogP contribution >= 0.6 is 0 Å². The van der Waals surface area contributed by atoms with E-state index >= 15 is 0 Å². The number of carbonyl (C=O) groups is 1. The van der Waals surface area contributed by atoms with Crippen molar-refractivity contribution >= 4 is 11.5 Å². The molecule has 0 saturated carbocycles. The Morgan fingerprint density at radius 3 is 2.45 bits per heavy atom. The third-order valence-electron chi connectivity index (χ3n) is 4.24. The van der Waals surface area contributed by atoms with E-state index in [1.807, 2.05) is 18.2 Å². The molecule has 1 atom stereocenters. The lowest BCUT2D eigenvalue weighted by Gasteiger charge is -2.26. The second-order valence-corrected chi connectivity index (χ2v) is 5.79. The van der Waals surface area contributed by atoms with Gasteiger partial charge in [-0.25, -0.2) is 0 Å². The highest BCUT2D eigenvalue weighted by Crippen LogP contribution is 2.34. The van der Waals surface area contributed by atoms with E-state index in [1.165, 1.54) is 32.1 Å². The van der Waals surface area contributed by atoms with Gasteiger partial charge in [0.05, 0.1) is 6.04 Å². The van der Waals surface area contributed by atoms with Gasteiger partial charge >= 0.3 is 0 Å². The number of unbranched alkanes of at least 4 members (excludes halogenated alkanes) is 4. The van der Waals surface area contributed by atoms with Crippen molar-refractivity contribution in [2.75, 3.05) is 11.4 Å². The highest BCUT2D eigenvalue weighted by atomic mass is 16.1. The highest BCUT2D eigenvalue weighted by Gasteiger charge is 2.35. The molecular weight excluding hydrogens is 246 g/mol. The Morgan fingerprint density at radius 1 is 1.00 bits per heavy atom. The maximum absolute atomic E-state index is 12.6. The van der Waals surface area contributed by atoms with Gasteiger partial charge in [-0.15, -0.1) is 0 Å². The molecule has 2 rings (SSSR count). The van der Waals surface area contributed by atoms with Gasteiger partial charge < -0.3 is 4.90 Å². The minimum absolute atomic E-state index is 0.0933. The van der Waals surface area contributed by atoms with Crippen molar-refractivity contribution in [1.29, 1.82) is 0 Å². The quantitative estimate of drug-likeness (QED) is 0.632. The maximum Gasteiger partial charge on any atom is 0.187 e. The molecule has 20 heavy (non-hydrogen) atoms. The summed E-state index contributed by atoms with van der Waals surface area (Å²) in [5.41, 5.74) is 2.10. The number of hydrogen-bond acceptors (Lipinski definition) is 2. The van der Waals surface area contributed by atoms with E-state index in [2.05, 4.69) is 24.8 Å². The molecule has 1 aromatic carbocycles. The monoisotopic (exact) mass is 273 g/mol. The van der Waals surface area contributed by atoms with E-state index in [9.17, 15) is 4.79 Å². The standard InChI is InChI=1S/C18H27NO/c1-3-5-7-13-17-18(20)15-11-8-9-12-16(15)19(17)14-10-6-4-2/h8-9,11-12,17H,3-7,10,13-14H2,1-2H3. The molecule has 110 valence electrons. The van der Waals surface area contributed by atoms with Crippen LogP contribution in [0.1, 0.15) is 69.2 Å². The maximum atomic E-state index is 12.6. The van der Waals surface area contributed by atoms with Gasteiger partial charge in [-0.1, -0.05) is 58.1 Å². The predicted octanol–water partition coefficient (Wildman–Crippen LogP) is 4.83. The summed E-state index contributed by atoms with van der Waals surface area (Å²) in [7, 11) is 0. The van der Waals surface area contributed by atoms with E-state index < -0.39 is 0 Å². The molecule has 0 N–H and O–H groups in total. The number of rotatable bonds is 8. The predicted molar refractivity (Wildman–Crippen MR) is 85.6 cm³/mol. The number of ketones is 1. The average Bonchev–Trinajstić information content (AvgIpc) is 2.74. The minimum Gasteiger partial charge on any atom is -0.361 e. The third-order valence-corrected chi connectivity index (χ3v) is 4.24. The zero-order valence-electron chi connectivity index (χ0n) is 12.9. The van der Waals surface area contributed by atoms with Crippen LogP contribution in [0, 0.1) is 0 Å². The molecule has 2 heteroatoms. The Kier molecular flexibility index (Phi) is 5.63. The first-order valence-electron chi connectivity index (χ1n) is 8.19. The first-order chi connectivity index (χ1) is 9.79. The zero-order valence-corrected chi connectivity index (χ0v) is 12.9. The van der Waals surface area contributed by atoms with Crippen LogP contribution in [-0.4, -0.2) is 18.4 Å². The van der Waals surface area contributed by atoms with Crippen LogP contribution in [0.5, 0.6) is 0 Å². The second kappa shape index (κ2) is 7.47. The molecule has 0 fully saturated rings. The van der Waals surface area contributed by atoms with E-state index in [-0.39, 0.29) is 6.04 Å². The van der Waals surface area contributed by atoms with Gasteiger partial charge in [-0.3, -0.25) is 4.79 Å². The smallest absolute Gasteiger partial charge is 0.187 e. The van der Waals surface area contributed by atoms with Gasteiger partial charge in [0.25, 0.3) is 0 Å². The summed E-state index contributed by atoms with van der Waals surface area (Å²) >= 11 is 0. The molecule has 0 radical (unpaired) electrons. The fourth-order valence-corrected chi connectivity index (χ4v) is 3.10. The fraction of sp³-hybridized carbons (Fsp3) is 0.611. The van der Waals surface area contributed by atoms with Gasteiger partial charge in [0.1, 0.15) is 0 Å². The number of fused-ring (bicyclic) bond motifs is 1. The van der Waals surface area contributed by atoms with Gasteiger partial charge in [-0.2, -0.15) is 0 Å². The number of nitrogens with zero attached hydrogens (tertiary/aromatic N) is 1. The molecular formula is C18H27NO. The molecule has 1 aromatic rings. The molecule has 1 heterocycles. The molecule has 0 aromatic heterocycles. The van der Waals surface area contributed by atoms with Gasteiger partial charge in [-0.05, 0) is 25.0 Å². The Balaban J connectivity index is 2.10. The Bertz CT molecular complexity index is 441. The first kappa shape index (κ1) is 15.1. The summed E-state index contributed by atoms with van der Waals surface area (Å²) in [6.45, 7) is 5.46.